The van der Waals surface area contributed by atoms with E-state index in [-0.39, 0.29) is 17.4 Å². The predicted octanol–water partition coefficient (Wildman–Crippen LogP) is 4.83. The average molecular weight is 416 g/mol. The van der Waals surface area contributed by atoms with Crippen LogP contribution in [-0.4, -0.2) is 20.7 Å². The third kappa shape index (κ3) is 4.75. The van der Waals surface area contributed by atoms with Gasteiger partial charge in [-0.1, -0.05) is 55.4 Å². The second-order valence-electron chi connectivity index (χ2n) is 6.98. The summed E-state index contributed by atoms with van der Waals surface area (Å²) in [5, 5.41) is 3.98. The minimum Gasteiger partial charge on any atom is -0.325 e. The molecule has 1 N–H and O–H groups in total. The summed E-state index contributed by atoms with van der Waals surface area (Å²) in [7, 11) is 0. The van der Waals surface area contributed by atoms with Crippen molar-refractivity contribution in [2.75, 3.05) is 5.32 Å². The third-order valence-corrected chi connectivity index (χ3v) is 5.45. The maximum Gasteiger partial charge on any atom is 0.262 e. The summed E-state index contributed by atoms with van der Waals surface area (Å²) in [5.74, 6) is 0.113. The molecule has 0 saturated carbocycles. The number of hydrogen-bond acceptors (Lipinski definition) is 4. The van der Waals surface area contributed by atoms with Crippen LogP contribution in [0.4, 0.5) is 5.69 Å². The monoisotopic (exact) mass is 415 g/mol. The van der Waals surface area contributed by atoms with Crippen LogP contribution >= 0.6 is 23.4 Å². The van der Waals surface area contributed by atoms with Gasteiger partial charge in [0.05, 0.1) is 16.2 Å². The van der Waals surface area contributed by atoms with Gasteiger partial charge in [-0.2, -0.15) is 0 Å². The fraction of sp³-hybridized carbons (Fsp3) is 0.286. The van der Waals surface area contributed by atoms with E-state index in [0.29, 0.717) is 27.6 Å². The Hall–Kier alpha value is -2.31. The molecule has 0 unspecified atom stereocenters. The zero-order valence-corrected chi connectivity index (χ0v) is 17.6. The van der Waals surface area contributed by atoms with E-state index in [1.54, 1.807) is 29.7 Å². The largest absolute Gasteiger partial charge is 0.325 e. The summed E-state index contributed by atoms with van der Waals surface area (Å²) in [6, 6.07) is 14.4. The summed E-state index contributed by atoms with van der Waals surface area (Å²) in [6.45, 7) is 6.40. The normalized spacial score (nSPS) is 12.3. The van der Waals surface area contributed by atoms with Gasteiger partial charge in [-0.3, -0.25) is 14.2 Å². The first-order valence-electron chi connectivity index (χ1n) is 9.08. The van der Waals surface area contributed by atoms with Gasteiger partial charge in [-0.25, -0.2) is 4.98 Å². The van der Waals surface area contributed by atoms with Crippen LogP contribution in [-0.2, 0) is 11.3 Å². The highest BCUT2D eigenvalue weighted by Crippen LogP contribution is 2.25. The van der Waals surface area contributed by atoms with Gasteiger partial charge in [0.1, 0.15) is 0 Å². The summed E-state index contributed by atoms with van der Waals surface area (Å²) in [5.41, 5.74) is 1.17. The number of hydrogen-bond donors (Lipinski definition) is 1. The van der Waals surface area contributed by atoms with Gasteiger partial charge in [0.25, 0.3) is 5.56 Å². The van der Waals surface area contributed by atoms with Gasteiger partial charge in [-0.05, 0) is 43.2 Å². The van der Waals surface area contributed by atoms with Crippen molar-refractivity contribution < 1.29 is 4.79 Å². The number of halogens is 1. The van der Waals surface area contributed by atoms with E-state index in [1.165, 1.54) is 11.8 Å². The van der Waals surface area contributed by atoms with Crippen molar-refractivity contribution >= 4 is 45.9 Å². The van der Waals surface area contributed by atoms with Crippen LogP contribution in [0.25, 0.3) is 10.9 Å². The van der Waals surface area contributed by atoms with Crippen LogP contribution < -0.4 is 10.9 Å². The zero-order chi connectivity index (χ0) is 20.3. The van der Waals surface area contributed by atoms with Crippen LogP contribution in [0.15, 0.2) is 58.5 Å². The Morgan fingerprint density at radius 1 is 1.18 bits per heavy atom. The number of para-hydroxylation sites is 1. The number of amides is 1. The molecule has 3 aromatic rings. The minimum absolute atomic E-state index is 0.139. The molecule has 0 aliphatic carbocycles. The second kappa shape index (κ2) is 8.80. The lowest BCUT2D eigenvalue weighted by molar-refractivity contribution is -0.115. The summed E-state index contributed by atoms with van der Waals surface area (Å²) in [4.78, 5) is 30.3. The first-order valence-corrected chi connectivity index (χ1v) is 10.3. The van der Waals surface area contributed by atoms with Crippen molar-refractivity contribution in [2.45, 2.75) is 37.7 Å². The highest BCUT2D eigenvalue weighted by atomic mass is 35.5. The van der Waals surface area contributed by atoms with Crippen LogP contribution in [0.2, 0.25) is 5.02 Å². The Bertz CT molecular complexity index is 1050. The molecular formula is C21H22ClN3O2S. The fourth-order valence-corrected chi connectivity index (χ4v) is 3.86. The molecule has 28 heavy (non-hydrogen) atoms. The van der Waals surface area contributed by atoms with Crippen molar-refractivity contribution in [1.82, 2.24) is 9.55 Å². The van der Waals surface area contributed by atoms with E-state index in [9.17, 15) is 9.59 Å². The first-order chi connectivity index (χ1) is 13.3. The Morgan fingerprint density at radius 3 is 2.57 bits per heavy atom. The Labute approximate surface area is 173 Å². The predicted molar refractivity (Wildman–Crippen MR) is 116 cm³/mol. The molecule has 0 bridgehead atoms. The van der Waals surface area contributed by atoms with Crippen LogP contribution in [0.3, 0.4) is 0 Å². The molecule has 146 valence electrons. The number of anilines is 1. The number of thioether (sulfide) groups is 1. The van der Waals surface area contributed by atoms with Gasteiger partial charge in [0, 0.05) is 17.3 Å². The molecule has 0 aliphatic rings. The van der Waals surface area contributed by atoms with Gasteiger partial charge < -0.3 is 5.32 Å². The lowest BCUT2D eigenvalue weighted by Crippen LogP contribution is -2.28. The number of nitrogens with one attached hydrogen (secondary N) is 1. The SMILES string of the molecule is CC(C)Cn1c(S[C@H](C)C(=O)Nc2ccccc2)nc2ccc(Cl)cc2c1=O. The number of aromatic nitrogens is 2. The highest BCUT2D eigenvalue weighted by Gasteiger charge is 2.20. The van der Waals surface area contributed by atoms with E-state index >= 15 is 0 Å². The van der Waals surface area contributed by atoms with E-state index in [2.05, 4.69) is 10.3 Å². The van der Waals surface area contributed by atoms with E-state index < -0.39 is 5.25 Å². The smallest absolute Gasteiger partial charge is 0.262 e. The number of carbonyl (C=O) groups is 1. The molecule has 7 heteroatoms. The summed E-state index contributed by atoms with van der Waals surface area (Å²) in [6.07, 6.45) is 0. The second-order valence-corrected chi connectivity index (χ2v) is 8.73. The van der Waals surface area contributed by atoms with Crippen molar-refractivity contribution in [3.05, 3.63) is 63.9 Å². The maximum atomic E-state index is 13.0. The number of rotatable bonds is 6. The molecule has 0 radical (unpaired) electrons. The molecule has 0 fully saturated rings. The Morgan fingerprint density at radius 2 is 1.89 bits per heavy atom. The molecular weight excluding hydrogens is 394 g/mol. The molecule has 0 aliphatic heterocycles. The number of nitrogens with zero attached hydrogens (tertiary/aromatic N) is 2. The molecule has 1 heterocycles. The lowest BCUT2D eigenvalue weighted by atomic mass is 10.2. The topological polar surface area (TPSA) is 64.0 Å². The third-order valence-electron chi connectivity index (χ3n) is 4.12. The molecule has 2 aromatic carbocycles. The van der Waals surface area contributed by atoms with Crippen molar-refractivity contribution in [1.29, 1.82) is 0 Å². The van der Waals surface area contributed by atoms with Crippen molar-refractivity contribution in [3.8, 4) is 0 Å². The Balaban J connectivity index is 1.93. The average Bonchev–Trinajstić information content (AvgIpc) is 2.66. The molecule has 0 spiro atoms. The van der Waals surface area contributed by atoms with Gasteiger partial charge in [0.2, 0.25) is 5.91 Å². The molecule has 1 amide bonds. The van der Waals surface area contributed by atoms with Gasteiger partial charge in [-0.15, -0.1) is 0 Å². The zero-order valence-electron chi connectivity index (χ0n) is 16.0. The number of benzene rings is 2. The number of carbonyl (C=O) groups excluding carboxylic acids is 1. The standard InChI is InChI=1S/C21H22ClN3O2S/c1-13(2)12-25-20(27)17-11-15(22)9-10-18(17)24-21(25)28-14(3)19(26)23-16-7-5-4-6-8-16/h4-11,13-14H,12H2,1-3H3,(H,23,26)/t14-/m1/s1. The highest BCUT2D eigenvalue weighted by molar-refractivity contribution is 8.00. The summed E-state index contributed by atoms with van der Waals surface area (Å²) < 4.78 is 1.64. The first kappa shape index (κ1) is 20.4. The van der Waals surface area contributed by atoms with Gasteiger partial charge in [0.15, 0.2) is 5.16 Å². The summed E-state index contributed by atoms with van der Waals surface area (Å²) >= 11 is 7.34. The van der Waals surface area contributed by atoms with Crippen LogP contribution in [0.5, 0.6) is 0 Å². The fourth-order valence-electron chi connectivity index (χ4n) is 2.77. The molecule has 0 saturated heterocycles. The minimum atomic E-state index is -0.421. The Kier molecular flexibility index (Phi) is 6.42. The molecule has 5 nitrogen and oxygen atoms in total. The van der Waals surface area contributed by atoms with Crippen LogP contribution in [0.1, 0.15) is 20.8 Å². The van der Waals surface area contributed by atoms with E-state index in [4.69, 9.17) is 11.6 Å². The van der Waals surface area contributed by atoms with E-state index in [1.807, 2.05) is 44.2 Å². The number of fused-ring (bicyclic) bond motifs is 1. The van der Waals surface area contributed by atoms with E-state index in [0.717, 1.165) is 5.69 Å². The van der Waals surface area contributed by atoms with Crippen molar-refractivity contribution in [3.63, 3.8) is 0 Å². The molecule has 1 aromatic heterocycles. The lowest BCUT2D eigenvalue weighted by Gasteiger charge is -2.17. The maximum absolute atomic E-state index is 13.0. The van der Waals surface area contributed by atoms with Crippen molar-refractivity contribution in [2.24, 2.45) is 5.92 Å². The quantitative estimate of drug-likeness (QED) is 0.462. The van der Waals surface area contributed by atoms with Gasteiger partial charge >= 0.3 is 0 Å². The van der Waals surface area contributed by atoms with Crippen LogP contribution in [0, 0.1) is 5.92 Å². The molecule has 3 rings (SSSR count). The molecule has 1 atom stereocenters.